The van der Waals surface area contributed by atoms with E-state index < -0.39 is 0 Å². The van der Waals surface area contributed by atoms with E-state index in [0.29, 0.717) is 23.3 Å². The molecule has 1 amide bonds. The summed E-state index contributed by atoms with van der Waals surface area (Å²) in [5, 5.41) is 8.44. The van der Waals surface area contributed by atoms with Crippen molar-refractivity contribution < 1.29 is 9.18 Å². The quantitative estimate of drug-likeness (QED) is 0.783. The molecule has 0 unspecified atom stereocenters. The lowest BCUT2D eigenvalue weighted by atomic mass is 10.2. The van der Waals surface area contributed by atoms with Gasteiger partial charge in [0.05, 0.1) is 12.7 Å². The Balaban J connectivity index is 1.38. The van der Waals surface area contributed by atoms with Crippen LogP contribution < -0.4 is 0 Å². The maximum atomic E-state index is 13.2. The van der Waals surface area contributed by atoms with E-state index in [1.54, 1.807) is 16.9 Å². The highest BCUT2D eigenvalue weighted by molar-refractivity contribution is 6.31. The monoisotopic (exact) mass is 405 g/mol. The van der Waals surface area contributed by atoms with Crippen LogP contribution in [0.15, 0.2) is 24.4 Å². The van der Waals surface area contributed by atoms with Gasteiger partial charge in [0.1, 0.15) is 5.82 Å². The van der Waals surface area contributed by atoms with Crippen molar-refractivity contribution in [1.82, 2.24) is 24.8 Å². The summed E-state index contributed by atoms with van der Waals surface area (Å²) in [5.74, 6) is -0.458. The fraction of sp³-hybridized carbons (Fsp3) is 0.550. The number of carbonyl (C=O) groups is 1. The van der Waals surface area contributed by atoms with Gasteiger partial charge in [0, 0.05) is 37.2 Å². The third-order valence-electron chi connectivity index (χ3n) is 5.76. The SMILES string of the molecule is O=C(c1cn(Cc2ccc(F)cc2Cl)nn1)N1CCCN(C2CCCC2)CC1. The number of hydrogen-bond acceptors (Lipinski definition) is 4. The molecule has 2 fully saturated rings. The van der Waals surface area contributed by atoms with Gasteiger partial charge in [0.2, 0.25) is 0 Å². The molecule has 1 saturated heterocycles. The molecular formula is C20H25ClFN5O. The van der Waals surface area contributed by atoms with Crippen LogP contribution >= 0.6 is 11.6 Å². The Morgan fingerprint density at radius 2 is 1.96 bits per heavy atom. The summed E-state index contributed by atoms with van der Waals surface area (Å²) in [7, 11) is 0. The lowest BCUT2D eigenvalue weighted by Crippen LogP contribution is -2.38. The number of rotatable bonds is 4. The van der Waals surface area contributed by atoms with Crippen molar-refractivity contribution in [2.75, 3.05) is 26.2 Å². The van der Waals surface area contributed by atoms with Gasteiger partial charge in [0.15, 0.2) is 5.69 Å². The van der Waals surface area contributed by atoms with Crippen molar-refractivity contribution in [3.63, 3.8) is 0 Å². The zero-order chi connectivity index (χ0) is 19.5. The first kappa shape index (κ1) is 19.3. The normalized spacial score (nSPS) is 19.1. The van der Waals surface area contributed by atoms with E-state index in [4.69, 9.17) is 11.6 Å². The van der Waals surface area contributed by atoms with Crippen molar-refractivity contribution in [2.45, 2.75) is 44.7 Å². The maximum absolute atomic E-state index is 13.2. The molecule has 6 nitrogen and oxygen atoms in total. The van der Waals surface area contributed by atoms with Crippen molar-refractivity contribution >= 4 is 17.5 Å². The Bertz CT molecular complexity index is 836. The van der Waals surface area contributed by atoms with E-state index >= 15 is 0 Å². The molecule has 0 N–H and O–H groups in total. The van der Waals surface area contributed by atoms with E-state index in [2.05, 4.69) is 15.2 Å². The van der Waals surface area contributed by atoms with Gasteiger partial charge in [-0.2, -0.15) is 0 Å². The number of aromatic nitrogens is 3. The topological polar surface area (TPSA) is 54.3 Å². The van der Waals surface area contributed by atoms with Crippen molar-refractivity contribution in [2.24, 2.45) is 0 Å². The fourth-order valence-corrected chi connectivity index (χ4v) is 4.46. The second kappa shape index (κ2) is 8.57. The largest absolute Gasteiger partial charge is 0.336 e. The molecule has 2 heterocycles. The fourth-order valence-electron chi connectivity index (χ4n) is 4.24. The summed E-state index contributed by atoms with van der Waals surface area (Å²) in [6.45, 7) is 3.81. The summed E-state index contributed by atoms with van der Waals surface area (Å²) >= 11 is 6.07. The van der Waals surface area contributed by atoms with E-state index in [-0.39, 0.29) is 11.7 Å². The molecule has 1 saturated carbocycles. The number of carbonyl (C=O) groups excluding carboxylic acids is 1. The lowest BCUT2D eigenvalue weighted by Gasteiger charge is -2.27. The molecule has 28 heavy (non-hydrogen) atoms. The summed E-state index contributed by atoms with van der Waals surface area (Å²) in [4.78, 5) is 17.3. The van der Waals surface area contributed by atoms with Crippen molar-refractivity contribution in [1.29, 1.82) is 0 Å². The smallest absolute Gasteiger partial charge is 0.276 e. The van der Waals surface area contributed by atoms with Gasteiger partial charge >= 0.3 is 0 Å². The Kier molecular flexibility index (Phi) is 5.92. The Morgan fingerprint density at radius 1 is 1.14 bits per heavy atom. The first-order valence-electron chi connectivity index (χ1n) is 9.97. The van der Waals surface area contributed by atoms with Crippen LogP contribution in [0.25, 0.3) is 0 Å². The molecule has 1 aliphatic heterocycles. The molecule has 1 aliphatic carbocycles. The Morgan fingerprint density at radius 3 is 2.75 bits per heavy atom. The predicted octanol–water partition coefficient (Wildman–Crippen LogP) is 3.21. The van der Waals surface area contributed by atoms with Crippen LogP contribution in [0.1, 0.15) is 48.2 Å². The Labute approximate surface area is 169 Å². The average molecular weight is 406 g/mol. The highest BCUT2D eigenvalue weighted by Gasteiger charge is 2.27. The molecule has 0 radical (unpaired) electrons. The van der Waals surface area contributed by atoms with Gasteiger partial charge in [0.25, 0.3) is 5.91 Å². The molecule has 0 bridgehead atoms. The van der Waals surface area contributed by atoms with Crippen molar-refractivity contribution in [3.8, 4) is 0 Å². The molecule has 4 rings (SSSR count). The van der Waals surface area contributed by atoms with E-state index in [1.807, 2.05) is 4.90 Å². The van der Waals surface area contributed by atoms with Crippen LogP contribution in [-0.4, -0.2) is 62.9 Å². The van der Waals surface area contributed by atoms with Crippen LogP contribution in [-0.2, 0) is 6.54 Å². The van der Waals surface area contributed by atoms with E-state index in [0.717, 1.165) is 38.2 Å². The van der Waals surface area contributed by atoms with Gasteiger partial charge in [-0.25, -0.2) is 9.07 Å². The molecule has 8 heteroatoms. The average Bonchev–Trinajstić information content (AvgIpc) is 3.32. The number of nitrogens with zero attached hydrogens (tertiary/aromatic N) is 5. The predicted molar refractivity (Wildman–Crippen MR) is 105 cm³/mol. The first-order valence-corrected chi connectivity index (χ1v) is 10.4. The molecule has 2 aromatic rings. The highest BCUT2D eigenvalue weighted by atomic mass is 35.5. The standard InChI is InChI=1S/C20H25ClFN5O/c21-18-12-16(22)7-6-15(18)13-27-14-19(23-24-27)20(28)26-9-3-8-25(10-11-26)17-4-1-2-5-17/h6-7,12,14,17H,1-5,8-11,13H2. The van der Waals surface area contributed by atoms with Crippen LogP contribution in [0.4, 0.5) is 4.39 Å². The van der Waals surface area contributed by atoms with Crippen LogP contribution in [0.2, 0.25) is 5.02 Å². The number of halogens is 2. The summed E-state index contributed by atoms with van der Waals surface area (Å²) in [6.07, 6.45) is 7.85. The summed E-state index contributed by atoms with van der Waals surface area (Å²) < 4.78 is 14.8. The van der Waals surface area contributed by atoms with Crippen LogP contribution in [0.5, 0.6) is 0 Å². The summed E-state index contributed by atoms with van der Waals surface area (Å²) in [6, 6.07) is 4.94. The van der Waals surface area contributed by atoms with Crippen LogP contribution in [0.3, 0.4) is 0 Å². The van der Waals surface area contributed by atoms with Crippen LogP contribution in [0, 0.1) is 5.82 Å². The van der Waals surface area contributed by atoms with Gasteiger partial charge < -0.3 is 4.90 Å². The molecule has 1 aromatic heterocycles. The van der Waals surface area contributed by atoms with Gasteiger partial charge in [-0.05, 0) is 37.0 Å². The highest BCUT2D eigenvalue weighted by Crippen LogP contribution is 2.24. The lowest BCUT2D eigenvalue weighted by molar-refractivity contribution is 0.0752. The molecule has 150 valence electrons. The maximum Gasteiger partial charge on any atom is 0.276 e. The second-order valence-corrected chi connectivity index (χ2v) is 8.06. The molecular weight excluding hydrogens is 381 g/mol. The molecule has 1 aromatic carbocycles. The first-order chi connectivity index (χ1) is 13.6. The third-order valence-corrected chi connectivity index (χ3v) is 6.12. The van der Waals surface area contributed by atoms with Gasteiger partial charge in [-0.15, -0.1) is 5.10 Å². The Hall–Kier alpha value is -1.99. The minimum atomic E-state index is -0.379. The van der Waals surface area contributed by atoms with Crippen molar-refractivity contribution in [3.05, 3.63) is 46.5 Å². The zero-order valence-corrected chi connectivity index (χ0v) is 16.6. The zero-order valence-electron chi connectivity index (χ0n) is 15.9. The third kappa shape index (κ3) is 4.36. The van der Waals surface area contributed by atoms with Gasteiger partial charge in [-0.3, -0.25) is 9.69 Å². The minimum absolute atomic E-state index is 0.0790. The number of amides is 1. The summed E-state index contributed by atoms with van der Waals surface area (Å²) in [5.41, 5.74) is 1.07. The van der Waals surface area contributed by atoms with Gasteiger partial charge in [-0.1, -0.05) is 35.7 Å². The molecule has 2 aliphatic rings. The number of benzene rings is 1. The molecule has 0 atom stereocenters. The number of hydrogen-bond donors (Lipinski definition) is 0. The molecule has 0 spiro atoms. The van der Waals surface area contributed by atoms with E-state index in [9.17, 15) is 9.18 Å². The minimum Gasteiger partial charge on any atom is -0.336 e. The second-order valence-electron chi connectivity index (χ2n) is 7.66. The van der Waals surface area contributed by atoms with E-state index in [1.165, 1.54) is 37.8 Å².